The van der Waals surface area contributed by atoms with E-state index in [1.165, 1.54) is 0 Å². The molecular formula is C14H17N3O2. The number of nitrogens with zero attached hydrogens (tertiary/aromatic N) is 3. The first kappa shape index (κ1) is 13.5. The van der Waals surface area contributed by atoms with E-state index < -0.39 is 0 Å². The first-order valence-corrected chi connectivity index (χ1v) is 6.48. The van der Waals surface area contributed by atoms with Crippen LogP contribution in [0.3, 0.4) is 0 Å². The fraction of sp³-hybridized carbons (Fsp3) is 0.500. The summed E-state index contributed by atoms with van der Waals surface area (Å²) in [6, 6.07) is 6.20. The van der Waals surface area contributed by atoms with Crippen LogP contribution in [0.4, 0.5) is 0 Å². The minimum Gasteiger partial charge on any atom is -0.465 e. The van der Waals surface area contributed by atoms with Gasteiger partial charge in [-0.05, 0) is 25.8 Å². The van der Waals surface area contributed by atoms with Crippen molar-refractivity contribution in [2.24, 2.45) is 0 Å². The van der Waals surface area contributed by atoms with Crippen LogP contribution in [0.1, 0.15) is 31.0 Å². The van der Waals surface area contributed by atoms with Crippen molar-refractivity contribution < 1.29 is 9.53 Å². The highest BCUT2D eigenvalue weighted by atomic mass is 16.5. The van der Waals surface area contributed by atoms with Crippen molar-refractivity contribution >= 4 is 5.97 Å². The summed E-state index contributed by atoms with van der Waals surface area (Å²) in [5, 5.41) is 9.03. The number of nitriles is 1. The highest BCUT2D eigenvalue weighted by molar-refractivity contribution is 5.71. The average molecular weight is 259 g/mol. The number of esters is 1. The van der Waals surface area contributed by atoms with E-state index in [0.717, 1.165) is 18.4 Å². The summed E-state index contributed by atoms with van der Waals surface area (Å²) in [4.78, 5) is 17.7. The SMILES string of the molecule is CCOC(=O)CN(Cc1cccnc1C#N)C1CC1. The Labute approximate surface area is 112 Å². The molecule has 0 bridgehead atoms. The lowest BCUT2D eigenvalue weighted by molar-refractivity contribution is -0.144. The largest absolute Gasteiger partial charge is 0.465 e. The number of rotatable bonds is 6. The molecule has 19 heavy (non-hydrogen) atoms. The lowest BCUT2D eigenvalue weighted by Crippen LogP contribution is -2.32. The molecule has 0 unspecified atom stereocenters. The Bertz CT molecular complexity index is 492. The zero-order valence-corrected chi connectivity index (χ0v) is 11.0. The van der Waals surface area contributed by atoms with Crippen LogP contribution < -0.4 is 0 Å². The molecule has 0 saturated heterocycles. The third kappa shape index (κ3) is 3.76. The molecule has 5 nitrogen and oxygen atoms in total. The molecule has 1 heterocycles. The molecule has 1 saturated carbocycles. The Hall–Kier alpha value is -1.93. The summed E-state index contributed by atoms with van der Waals surface area (Å²) in [6.07, 6.45) is 3.80. The predicted molar refractivity (Wildman–Crippen MR) is 69.0 cm³/mol. The zero-order chi connectivity index (χ0) is 13.7. The number of ether oxygens (including phenoxy) is 1. The van der Waals surface area contributed by atoms with Crippen molar-refractivity contribution in [2.45, 2.75) is 32.4 Å². The van der Waals surface area contributed by atoms with Crippen LogP contribution in [0.25, 0.3) is 0 Å². The number of hydrogen-bond donors (Lipinski definition) is 0. The van der Waals surface area contributed by atoms with Gasteiger partial charge in [-0.1, -0.05) is 6.07 Å². The third-order valence-electron chi connectivity index (χ3n) is 3.07. The van der Waals surface area contributed by atoms with Gasteiger partial charge in [-0.15, -0.1) is 0 Å². The molecule has 100 valence electrons. The summed E-state index contributed by atoms with van der Waals surface area (Å²) in [6.45, 7) is 3.04. The van der Waals surface area contributed by atoms with Crippen LogP contribution in [0.5, 0.6) is 0 Å². The van der Waals surface area contributed by atoms with E-state index in [1.54, 1.807) is 13.1 Å². The summed E-state index contributed by atoms with van der Waals surface area (Å²) < 4.78 is 4.98. The van der Waals surface area contributed by atoms with E-state index in [2.05, 4.69) is 16.0 Å². The molecule has 0 radical (unpaired) electrons. The average Bonchev–Trinajstić information content (AvgIpc) is 3.23. The number of carbonyl (C=O) groups is 1. The van der Waals surface area contributed by atoms with Crippen molar-refractivity contribution in [3.05, 3.63) is 29.6 Å². The van der Waals surface area contributed by atoms with Crippen LogP contribution in [0, 0.1) is 11.3 Å². The van der Waals surface area contributed by atoms with Crippen LogP contribution in [-0.2, 0) is 16.1 Å². The van der Waals surface area contributed by atoms with Crippen LogP contribution in [0.2, 0.25) is 0 Å². The maximum atomic E-state index is 11.6. The van der Waals surface area contributed by atoms with E-state index in [-0.39, 0.29) is 12.5 Å². The molecule has 0 aromatic carbocycles. The summed E-state index contributed by atoms with van der Waals surface area (Å²) >= 11 is 0. The van der Waals surface area contributed by atoms with Gasteiger partial charge in [0.1, 0.15) is 11.8 Å². The van der Waals surface area contributed by atoms with E-state index in [4.69, 9.17) is 10.00 Å². The maximum absolute atomic E-state index is 11.6. The van der Waals surface area contributed by atoms with Crippen molar-refractivity contribution in [2.75, 3.05) is 13.2 Å². The predicted octanol–water partition coefficient (Wildman–Crippen LogP) is 1.48. The van der Waals surface area contributed by atoms with Crippen LogP contribution in [0.15, 0.2) is 18.3 Å². The molecular weight excluding hydrogens is 242 g/mol. The van der Waals surface area contributed by atoms with Gasteiger partial charge in [0.05, 0.1) is 13.2 Å². The summed E-state index contributed by atoms with van der Waals surface area (Å²) in [5.74, 6) is -0.211. The van der Waals surface area contributed by atoms with Gasteiger partial charge in [0.25, 0.3) is 0 Å². The molecule has 1 aromatic rings. The minimum atomic E-state index is -0.211. The molecule has 1 fully saturated rings. The molecule has 1 aliphatic rings. The molecule has 0 spiro atoms. The van der Waals surface area contributed by atoms with Crippen molar-refractivity contribution in [3.8, 4) is 6.07 Å². The lowest BCUT2D eigenvalue weighted by atomic mass is 10.2. The molecule has 0 atom stereocenters. The monoisotopic (exact) mass is 259 g/mol. The third-order valence-corrected chi connectivity index (χ3v) is 3.07. The van der Waals surface area contributed by atoms with E-state index >= 15 is 0 Å². The molecule has 1 aromatic heterocycles. The van der Waals surface area contributed by atoms with Gasteiger partial charge < -0.3 is 4.74 Å². The first-order chi connectivity index (χ1) is 9.24. The Morgan fingerprint density at radius 1 is 1.63 bits per heavy atom. The van der Waals surface area contributed by atoms with Gasteiger partial charge in [0.15, 0.2) is 0 Å². The van der Waals surface area contributed by atoms with Gasteiger partial charge in [0.2, 0.25) is 0 Å². The lowest BCUT2D eigenvalue weighted by Gasteiger charge is -2.21. The first-order valence-electron chi connectivity index (χ1n) is 6.48. The van der Waals surface area contributed by atoms with Gasteiger partial charge in [-0.2, -0.15) is 5.26 Å². The highest BCUT2D eigenvalue weighted by Gasteiger charge is 2.31. The summed E-state index contributed by atoms with van der Waals surface area (Å²) in [7, 11) is 0. The topological polar surface area (TPSA) is 66.2 Å². The van der Waals surface area contributed by atoms with Gasteiger partial charge in [-0.3, -0.25) is 9.69 Å². The van der Waals surface area contributed by atoms with Crippen molar-refractivity contribution in [1.29, 1.82) is 5.26 Å². The van der Waals surface area contributed by atoms with Crippen molar-refractivity contribution in [3.63, 3.8) is 0 Å². The normalized spacial score (nSPS) is 14.2. The Balaban J connectivity index is 2.04. The quantitative estimate of drug-likeness (QED) is 0.724. The number of pyridine rings is 1. The number of aromatic nitrogens is 1. The van der Waals surface area contributed by atoms with Crippen molar-refractivity contribution in [1.82, 2.24) is 9.88 Å². The second-order valence-corrected chi connectivity index (χ2v) is 4.56. The molecule has 2 rings (SSSR count). The molecule has 0 aliphatic heterocycles. The molecule has 5 heteroatoms. The van der Waals surface area contributed by atoms with Crippen LogP contribution >= 0.6 is 0 Å². The zero-order valence-electron chi connectivity index (χ0n) is 11.0. The number of carbonyl (C=O) groups excluding carboxylic acids is 1. The molecule has 1 aliphatic carbocycles. The van der Waals surface area contributed by atoms with Gasteiger partial charge in [0, 0.05) is 24.3 Å². The fourth-order valence-electron chi connectivity index (χ4n) is 2.01. The van der Waals surface area contributed by atoms with E-state index in [9.17, 15) is 4.79 Å². The Morgan fingerprint density at radius 2 is 2.42 bits per heavy atom. The fourth-order valence-corrected chi connectivity index (χ4v) is 2.01. The second kappa shape index (κ2) is 6.30. The standard InChI is InChI=1S/C14H17N3O2/c1-2-19-14(18)10-17(12-5-6-12)9-11-4-3-7-16-13(11)8-15/h3-4,7,12H,2,5-6,9-10H2,1H3. The Morgan fingerprint density at radius 3 is 3.05 bits per heavy atom. The molecule has 0 N–H and O–H groups in total. The van der Waals surface area contributed by atoms with Gasteiger partial charge >= 0.3 is 5.97 Å². The number of hydrogen-bond acceptors (Lipinski definition) is 5. The summed E-state index contributed by atoms with van der Waals surface area (Å²) in [5.41, 5.74) is 1.29. The van der Waals surface area contributed by atoms with E-state index in [1.807, 2.05) is 12.1 Å². The second-order valence-electron chi connectivity index (χ2n) is 4.56. The Kier molecular flexibility index (Phi) is 4.48. The minimum absolute atomic E-state index is 0.211. The maximum Gasteiger partial charge on any atom is 0.320 e. The van der Waals surface area contributed by atoms with E-state index in [0.29, 0.717) is 24.9 Å². The van der Waals surface area contributed by atoms with Crippen LogP contribution in [-0.4, -0.2) is 35.0 Å². The highest BCUT2D eigenvalue weighted by Crippen LogP contribution is 2.28. The van der Waals surface area contributed by atoms with Gasteiger partial charge in [-0.25, -0.2) is 4.98 Å². The molecule has 0 amide bonds. The smallest absolute Gasteiger partial charge is 0.320 e.